The van der Waals surface area contributed by atoms with Crippen molar-refractivity contribution in [2.45, 2.75) is 83.9 Å². The minimum absolute atomic E-state index is 0.119. The smallest absolute Gasteiger partial charge is 0.190 e. The highest BCUT2D eigenvalue weighted by atomic mass is 28.3. The molecule has 1 aromatic rings. The first kappa shape index (κ1) is 21.3. The van der Waals surface area contributed by atoms with Crippen LogP contribution < -0.4 is 0 Å². The van der Waals surface area contributed by atoms with Crippen LogP contribution in [0.4, 0.5) is 0 Å². The Kier molecular flexibility index (Phi) is 6.18. The van der Waals surface area contributed by atoms with E-state index in [-0.39, 0.29) is 11.2 Å². The molecule has 0 radical (unpaired) electrons. The summed E-state index contributed by atoms with van der Waals surface area (Å²) in [6.07, 6.45) is -0.832. The van der Waals surface area contributed by atoms with Crippen LogP contribution >= 0.6 is 0 Å². The van der Waals surface area contributed by atoms with E-state index in [0.29, 0.717) is 5.56 Å². The summed E-state index contributed by atoms with van der Waals surface area (Å²) < 4.78 is 12.0. The number of aliphatic hydroxyl groups is 1. The van der Waals surface area contributed by atoms with Crippen molar-refractivity contribution in [3.8, 4) is 0 Å². The number of aliphatic hydroxyl groups excluding tert-OH is 1. The maximum absolute atomic E-state index is 13.2. The van der Waals surface area contributed by atoms with E-state index in [0.717, 1.165) is 12.5 Å². The molecular weight excluding hydrogens is 344 g/mol. The highest BCUT2D eigenvalue weighted by molar-refractivity contribution is 6.81. The molecule has 1 aliphatic heterocycles. The number of rotatable bonds is 5. The molecule has 0 aromatic heterocycles. The number of hydrogen-bond acceptors (Lipinski definition) is 4. The fourth-order valence-electron chi connectivity index (χ4n) is 3.30. The first-order chi connectivity index (χ1) is 11.8. The first-order valence-corrected chi connectivity index (χ1v) is 12.7. The standard InChI is InChI=1S/C21H34O4Si/c1-20(2,3)13-14-26(6,7)19-17(23)18(24-21(4,5)25-19)16(22)15-11-9-8-10-12-15/h8-12,16,18-19,22H,13-14H2,1-7H3/t16-,18-,19-/m0/s1. The third-order valence-electron chi connectivity index (χ3n) is 5.01. The minimum atomic E-state index is -2.02. The zero-order chi connectivity index (χ0) is 19.8. The van der Waals surface area contributed by atoms with Crippen LogP contribution in [-0.2, 0) is 14.3 Å². The molecule has 0 spiro atoms. The Morgan fingerprint density at radius 2 is 1.73 bits per heavy atom. The van der Waals surface area contributed by atoms with Gasteiger partial charge in [0.15, 0.2) is 17.7 Å². The Bertz CT molecular complexity index is 619. The van der Waals surface area contributed by atoms with Crippen molar-refractivity contribution < 1.29 is 19.4 Å². The van der Waals surface area contributed by atoms with E-state index in [1.165, 1.54) is 0 Å². The van der Waals surface area contributed by atoms with Crippen molar-refractivity contribution in [3.63, 3.8) is 0 Å². The molecule has 146 valence electrons. The Labute approximate surface area is 158 Å². The number of ether oxygens (including phenoxy) is 2. The van der Waals surface area contributed by atoms with Crippen LogP contribution in [0.1, 0.15) is 52.7 Å². The summed E-state index contributed by atoms with van der Waals surface area (Å²) in [6, 6.07) is 10.2. The Hall–Kier alpha value is -1.01. The molecule has 1 N–H and O–H groups in total. The third kappa shape index (κ3) is 5.25. The van der Waals surface area contributed by atoms with Gasteiger partial charge >= 0.3 is 0 Å². The van der Waals surface area contributed by atoms with Gasteiger partial charge < -0.3 is 14.6 Å². The molecule has 26 heavy (non-hydrogen) atoms. The van der Waals surface area contributed by atoms with Gasteiger partial charge in [-0.05, 0) is 24.8 Å². The van der Waals surface area contributed by atoms with Gasteiger partial charge in [-0.25, -0.2) is 0 Å². The van der Waals surface area contributed by atoms with Crippen molar-refractivity contribution in [3.05, 3.63) is 35.9 Å². The summed E-state index contributed by atoms with van der Waals surface area (Å²) in [5.74, 6) is -1.02. The lowest BCUT2D eigenvalue weighted by atomic mass is 9.94. The van der Waals surface area contributed by atoms with E-state index in [9.17, 15) is 9.90 Å². The maximum atomic E-state index is 13.2. The number of carbonyl (C=O) groups excluding carboxylic acids is 1. The van der Waals surface area contributed by atoms with E-state index in [4.69, 9.17) is 9.47 Å². The molecule has 0 amide bonds. The SMILES string of the molecule is CC(C)(C)CC[Si](C)(C)[C@@H]1OC(C)(C)O[C@@H]([C@@H](O)c2ccccc2)C1=O. The molecule has 0 saturated carbocycles. The van der Waals surface area contributed by atoms with Crippen molar-refractivity contribution in [1.29, 1.82) is 0 Å². The molecule has 1 saturated heterocycles. The Morgan fingerprint density at radius 3 is 2.27 bits per heavy atom. The van der Waals surface area contributed by atoms with Crippen molar-refractivity contribution in [2.75, 3.05) is 0 Å². The van der Waals surface area contributed by atoms with Crippen LogP contribution in [0.25, 0.3) is 0 Å². The summed E-state index contributed by atoms with van der Waals surface area (Å²) in [5, 5.41) is 10.8. The third-order valence-corrected chi connectivity index (χ3v) is 8.37. The second-order valence-electron chi connectivity index (χ2n) is 9.74. The fourth-order valence-corrected chi connectivity index (χ4v) is 6.49. The summed E-state index contributed by atoms with van der Waals surface area (Å²) in [4.78, 5) is 13.2. The molecule has 3 atom stereocenters. The van der Waals surface area contributed by atoms with Crippen LogP contribution in [0.3, 0.4) is 0 Å². The van der Waals surface area contributed by atoms with Crippen LogP contribution in [0.2, 0.25) is 19.1 Å². The number of Topliss-reactive ketones (excluding diaryl/α,β-unsaturated/α-hetero) is 1. The molecule has 0 unspecified atom stereocenters. The molecule has 1 aliphatic rings. The molecule has 4 nitrogen and oxygen atoms in total. The number of benzene rings is 1. The molecule has 5 heteroatoms. The largest absolute Gasteiger partial charge is 0.385 e. The number of ketones is 1. The topological polar surface area (TPSA) is 55.8 Å². The second-order valence-corrected chi connectivity index (χ2v) is 14.7. The van der Waals surface area contributed by atoms with Crippen molar-refractivity contribution in [1.82, 2.24) is 0 Å². The van der Waals surface area contributed by atoms with Gasteiger partial charge in [0.1, 0.15) is 11.8 Å². The van der Waals surface area contributed by atoms with E-state index in [1.807, 2.05) is 44.2 Å². The van der Waals surface area contributed by atoms with E-state index in [2.05, 4.69) is 33.9 Å². The van der Waals surface area contributed by atoms with Crippen LogP contribution in [0.5, 0.6) is 0 Å². The van der Waals surface area contributed by atoms with Crippen molar-refractivity contribution in [2.24, 2.45) is 5.41 Å². The molecule has 0 aliphatic carbocycles. The minimum Gasteiger partial charge on any atom is -0.385 e. The van der Waals surface area contributed by atoms with Gasteiger partial charge in [-0.3, -0.25) is 4.79 Å². The highest BCUT2D eigenvalue weighted by Crippen LogP contribution is 2.37. The number of hydrogen-bond donors (Lipinski definition) is 1. The van der Waals surface area contributed by atoms with E-state index >= 15 is 0 Å². The molecule has 1 aromatic carbocycles. The van der Waals surface area contributed by atoms with Gasteiger partial charge in [0.05, 0.1) is 8.07 Å². The van der Waals surface area contributed by atoms with Gasteiger partial charge in [0.25, 0.3) is 0 Å². The number of carbonyl (C=O) groups is 1. The lowest BCUT2D eigenvalue weighted by Crippen LogP contribution is -2.62. The fraction of sp³-hybridized carbons (Fsp3) is 0.667. The summed E-state index contributed by atoms with van der Waals surface area (Å²) in [5.41, 5.74) is 0.435. The molecule has 0 bridgehead atoms. The summed E-state index contributed by atoms with van der Waals surface area (Å²) >= 11 is 0. The van der Waals surface area contributed by atoms with Crippen molar-refractivity contribution >= 4 is 13.9 Å². The zero-order valence-electron chi connectivity index (χ0n) is 17.2. The molecule has 1 fully saturated rings. The molecule has 2 rings (SSSR count). The Morgan fingerprint density at radius 1 is 1.15 bits per heavy atom. The lowest BCUT2D eigenvalue weighted by Gasteiger charge is -2.46. The molecular formula is C21H34O4Si. The van der Waals surface area contributed by atoms with Gasteiger partial charge in [-0.2, -0.15) is 0 Å². The first-order valence-electron chi connectivity index (χ1n) is 9.45. The Balaban J connectivity index is 2.26. The van der Waals surface area contributed by atoms with Crippen LogP contribution in [0, 0.1) is 5.41 Å². The molecule has 1 heterocycles. The van der Waals surface area contributed by atoms with Crippen LogP contribution in [0.15, 0.2) is 30.3 Å². The normalized spacial score (nSPS) is 25.2. The van der Waals surface area contributed by atoms with Crippen LogP contribution in [-0.4, -0.2) is 36.6 Å². The van der Waals surface area contributed by atoms with Gasteiger partial charge in [0, 0.05) is 0 Å². The second kappa shape index (κ2) is 7.54. The lowest BCUT2D eigenvalue weighted by molar-refractivity contribution is -0.281. The quantitative estimate of drug-likeness (QED) is 0.767. The summed E-state index contributed by atoms with van der Waals surface area (Å²) in [6.45, 7) is 14.7. The van der Waals surface area contributed by atoms with Gasteiger partial charge in [-0.15, -0.1) is 0 Å². The zero-order valence-corrected chi connectivity index (χ0v) is 18.2. The van der Waals surface area contributed by atoms with Gasteiger partial charge in [0.2, 0.25) is 0 Å². The van der Waals surface area contributed by atoms with Gasteiger partial charge in [-0.1, -0.05) is 76.7 Å². The predicted octanol–water partition coefficient (Wildman–Crippen LogP) is 4.49. The summed E-state index contributed by atoms with van der Waals surface area (Å²) in [7, 11) is -2.02. The predicted molar refractivity (Wildman–Crippen MR) is 107 cm³/mol. The monoisotopic (exact) mass is 378 g/mol. The van der Waals surface area contributed by atoms with E-state index < -0.39 is 31.8 Å². The van der Waals surface area contributed by atoms with E-state index in [1.54, 1.807) is 0 Å². The highest BCUT2D eigenvalue weighted by Gasteiger charge is 2.51. The maximum Gasteiger partial charge on any atom is 0.190 e. The average molecular weight is 379 g/mol. The average Bonchev–Trinajstić information content (AvgIpc) is 2.54.